The van der Waals surface area contributed by atoms with Gasteiger partial charge in [-0.3, -0.25) is 4.79 Å². The predicted octanol–water partition coefficient (Wildman–Crippen LogP) is 2.71. The Bertz CT molecular complexity index is 419. The van der Waals surface area contributed by atoms with E-state index in [1.165, 1.54) is 11.3 Å². The van der Waals surface area contributed by atoms with Crippen LogP contribution in [-0.2, 0) is 0 Å². The molecule has 0 bridgehead atoms. The second kappa shape index (κ2) is 7.33. The summed E-state index contributed by atoms with van der Waals surface area (Å²) in [6.07, 6.45) is 2.04. The van der Waals surface area contributed by atoms with Crippen LogP contribution in [0.2, 0.25) is 0 Å². The van der Waals surface area contributed by atoms with Crippen molar-refractivity contribution < 1.29 is 4.79 Å². The Labute approximate surface area is 119 Å². The third-order valence-electron chi connectivity index (χ3n) is 3.24. The molecular formula is C13H24N4OS. The normalized spacial score (nSPS) is 13.9. The molecule has 5 nitrogen and oxygen atoms in total. The molecule has 0 aromatic carbocycles. The molecule has 4 N–H and O–H groups in total. The predicted molar refractivity (Wildman–Crippen MR) is 81.7 cm³/mol. The van der Waals surface area contributed by atoms with Gasteiger partial charge in [0.15, 0.2) is 5.13 Å². The van der Waals surface area contributed by atoms with Crippen LogP contribution in [-0.4, -0.2) is 23.5 Å². The summed E-state index contributed by atoms with van der Waals surface area (Å²) in [6, 6.07) is 0.131. The highest BCUT2D eigenvalue weighted by atomic mass is 32.1. The first-order valence-corrected chi connectivity index (χ1v) is 7.62. The summed E-state index contributed by atoms with van der Waals surface area (Å²) >= 11 is 1.31. The molecule has 0 fully saturated rings. The summed E-state index contributed by atoms with van der Waals surface area (Å²) in [5.41, 5.74) is 5.80. The monoisotopic (exact) mass is 284 g/mol. The number of hydrogen-bond donors (Lipinski definition) is 3. The van der Waals surface area contributed by atoms with E-state index in [2.05, 4.69) is 36.4 Å². The molecule has 0 spiro atoms. The van der Waals surface area contributed by atoms with Crippen LogP contribution in [0, 0.1) is 5.92 Å². The minimum Gasteiger partial charge on any atom is -0.382 e. The van der Waals surface area contributed by atoms with E-state index in [1.54, 1.807) is 0 Å². The largest absolute Gasteiger partial charge is 0.382 e. The molecule has 1 amide bonds. The lowest BCUT2D eigenvalue weighted by atomic mass is 10.0. The van der Waals surface area contributed by atoms with Gasteiger partial charge in [-0.25, -0.2) is 4.98 Å². The zero-order chi connectivity index (χ0) is 14.4. The highest BCUT2D eigenvalue weighted by molar-refractivity contribution is 7.18. The zero-order valence-electron chi connectivity index (χ0n) is 12.1. The molecule has 0 radical (unpaired) electrons. The van der Waals surface area contributed by atoms with E-state index in [4.69, 9.17) is 5.73 Å². The fourth-order valence-electron chi connectivity index (χ4n) is 1.57. The molecule has 108 valence electrons. The Balaban J connectivity index is 2.68. The number of nitrogens with one attached hydrogen (secondary N) is 2. The Morgan fingerprint density at radius 1 is 1.42 bits per heavy atom. The van der Waals surface area contributed by atoms with Gasteiger partial charge in [0, 0.05) is 12.6 Å². The van der Waals surface area contributed by atoms with Gasteiger partial charge >= 0.3 is 0 Å². The van der Waals surface area contributed by atoms with E-state index in [-0.39, 0.29) is 11.9 Å². The number of carbonyl (C=O) groups excluding carboxylic acids is 1. The minimum atomic E-state index is -0.132. The number of thiazole rings is 1. The lowest BCUT2D eigenvalue weighted by Crippen LogP contribution is -2.36. The molecule has 0 aliphatic rings. The number of amides is 1. The molecule has 2 atom stereocenters. The average Bonchev–Trinajstić information content (AvgIpc) is 2.76. The first-order valence-electron chi connectivity index (χ1n) is 6.80. The minimum absolute atomic E-state index is 0.131. The van der Waals surface area contributed by atoms with Gasteiger partial charge in [-0.05, 0) is 19.3 Å². The van der Waals surface area contributed by atoms with Gasteiger partial charge in [-0.1, -0.05) is 38.5 Å². The molecule has 1 heterocycles. The lowest BCUT2D eigenvalue weighted by molar-refractivity contribution is 0.0933. The second-order valence-electron chi connectivity index (χ2n) is 4.81. The van der Waals surface area contributed by atoms with Crippen LogP contribution in [0.3, 0.4) is 0 Å². The Kier molecular flexibility index (Phi) is 6.08. The third kappa shape index (κ3) is 4.38. The molecule has 1 aromatic heterocycles. The third-order valence-corrected chi connectivity index (χ3v) is 4.27. The molecule has 0 aliphatic heterocycles. The maximum Gasteiger partial charge on any atom is 0.265 e. The number of aromatic nitrogens is 1. The van der Waals surface area contributed by atoms with Gasteiger partial charge < -0.3 is 16.4 Å². The van der Waals surface area contributed by atoms with Gasteiger partial charge in [-0.15, -0.1) is 0 Å². The van der Waals surface area contributed by atoms with Crippen molar-refractivity contribution in [3.63, 3.8) is 0 Å². The number of nitrogens with zero attached hydrogens (tertiary/aromatic N) is 1. The van der Waals surface area contributed by atoms with E-state index < -0.39 is 0 Å². The summed E-state index contributed by atoms with van der Waals surface area (Å²) in [4.78, 5) is 16.8. The molecule has 1 aromatic rings. The Morgan fingerprint density at radius 2 is 2.11 bits per heavy atom. The van der Waals surface area contributed by atoms with E-state index in [0.29, 0.717) is 21.7 Å². The van der Waals surface area contributed by atoms with Crippen LogP contribution in [0.4, 0.5) is 10.9 Å². The quantitative estimate of drug-likeness (QED) is 0.719. The molecule has 6 heteroatoms. The Morgan fingerprint density at radius 3 is 2.68 bits per heavy atom. The van der Waals surface area contributed by atoms with Gasteiger partial charge in [0.2, 0.25) is 0 Å². The maximum absolute atomic E-state index is 12.1. The van der Waals surface area contributed by atoms with E-state index in [1.807, 2.05) is 6.92 Å². The van der Waals surface area contributed by atoms with Crippen molar-refractivity contribution in [2.45, 2.75) is 46.6 Å². The van der Waals surface area contributed by atoms with E-state index in [0.717, 1.165) is 19.4 Å². The highest BCUT2D eigenvalue weighted by Crippen LogP contribution is 2.25. The van der Waals surface area contributed by atoms with Crippen LogP contribution >= 0.6 is 11.3 Å². The van der Waals surface area contributed by atoms with Crippen LogP contribution in [0.1, 0.15) is 50.2 Å². The number of nitrogen functional groups attached to an aromatic ring is 1. The molecule has 0 saturated heterocycles. The fraction of sp³-hybridized carbons (Fsp3) is 0.692. The van der Waals surface area contributed by atoms with Gasteiger partial charge in [0.25, 0.3) is 5.91 Å². The maximum atomic E-state index is 12.1. The molecule has 0 aliphatic carbocycles. The fourth-order valence-corrected chi connectivity index (χ4v) is 2.38. The van der Waals surface area contributed by atoms with Crippen LogP contribution in [0.15, 0.2) is 0 Å². The van der Waals surface area contributed by atoms with Gasteiger partial charge in [0.1, 0.15) is 10.7 Å². The second-order valence-corrected chi connectivity index (χ2v) is 5.81. The van der Waals surface area contributed by atoms with Crippen LogP contribution in [0.5, 0.6) is 0 Å². The smallest absolute Gasteiger partial charge is 0.265 e. The molecule has 19 heavy (non-hydrogen) atoms. The molecule has 2 unspecified atom stereocenters. The van der Waals surface area contributed by atoms with Crippen molar-refractivity contribution in [1.29, 1.82) is 0 Å². The van der Waals surface area contributed by atoms with Crippen molar-refractivity contribution in [2.24, 2.45) is 5.92 Å². The summed E-state index contributed by atoms with van der Waals surface area (Å²) < 4.78 is 0. The molecular weight excluding hydrogens is 260 g/mol. The summed E-state index contributed by atoms with van der Waals surface area (Å²) in [7, 11) is 0. The SMILES string of the molecule is CCCNc1nc(N)c(C(=O)NC(C)C(C)CC)s1. The number of carbonyl (C=O) groups is 1. The average molecular weight is 284 g/mol. The number of rotatable bonds is 7. The standard InChI is InChI=1S/C13H24N4OS/c1-5-7-15-13-17-11(14)10(19-13)12(18)16-9(4)8(3)6-2/h8-9H,5-7,14H2,1-4H3,(H,15,17)(H,16,18). The summed E-state index contributed by atoms with van der Waals surface area (Å²) in [6.45, 7) is 9.15. The first-order chi connectivity index (χ1) is 8.99. The lowest BCUT2D eigenvalue weighted by Gasteiger charge is -2.19. The van der Waals surface area contributed by atoms with Gasteiger partial charge in [-0.2, -0.15) is 0 Å². The van der Waals surface area contributed by atoms with Crippen molar-refractivity contribution in [2.75, 3.05) is 17.6 Å². The number of anilines is 2. The van der Waals surface area contributed by atoms with Crippen molar-refractivity contribution in [3.8, 4) is 0 Å². The highest BCUT2D eigenvalue weighted by Gasteiger charge is 2.19. The number of hydrogen-bond acceptors (Lipinski definition) is 5. The zero-order valence-corrected chi connectivity index (χ0v) is 12.9. The van der Waals surface area contributed by atoms with Gasteiger partial charge in [0.05, 0.1) is 0 Å². The van der Waals surface area contributed by atoms with Crippen molar-refractivity contribution in [3.05, 3.63) is 4.88 Å². The van der Waals surface area contributed by atoms with Crippen molar-refractivity contribution in [1.82, 2.24) is 10.3 Å². The molecule has 1 rings (SSSR count). The first kappa shape index (κ1) is 15.8. The van der Waals surface area contributed by atoms with E-state index >= 15 is 0 Å². The summed E-state index contributed by atoms with van der Waals surface area (Å²) in [5, 5.41) is 6.83. The Hall–Kier alpha value is -1.30. The van der Waals surface area contributed by atoms with Crippen LogP contribution in [0.25, 0.3) is 0 Å². The van der Waals surface area contributed by atoms with Crippen LogP contribution < -0.4 is 16.4 Å². The number of nitrogens with two attached hydrogens (primary N) is 1. The topological polar surface area (TPSA) is 80.0 Å². The van der Waals surface area contributed by atoms with E-state index in [9.17, 15) is 4.79 Å². The molecule has 0 saturated carbocycles. The summed E-state index contributed by atoms with van der Waals surface area (Å²) in [5.74, 6) is 0.612. The van der Waals surface area contributed by atoms with Crippen molar-refractivity contribution >= 4 is 28.2 Å².